The van der Waals surface area contributed by atoms with Crippen LogP contribution in [-0.2, 0) is 10.5 Å². The third-order valence-corrected chi connectivity index (χ3v) is 4.21. The summed E-state index contributed by atoms with van der Waals surface area (Å²) in [5.41, 5.74) is 7.74. The topological polar surface area (TPSA) is 55.1 Å². The summed E-state index contributed by atoms with van der Waals surface area (Å²) in [5, 5.41) is 3.49. The van der Waals surface area contributed by atoms with Crippen LogP contribution in [0, 0.1) is 0 Å². The van der Waals surface area contributed by atoms with Gasteiger partial charge in [-0.1, -0.05) is 53.5 Å². The van der Waals surface area contributed by atoms with Crippen LogP contribution in [0.15, 0.2) is 42.5 Å². The number of thioether (sulfide) groups is 1. The van der Waals surface area contributed by atoms with Crippen LogP contribution >= 0.6 is 35.0 Å². The van der Waals surface area contributed by atoms with Crippen LogP contribution in [0.4, 0.5) is 11.4 Å². The number of halogens is 2. The van der Waals surface area contributed by atoms with Gasteiger partial charge in [0.15, 0.2) is 0 Å². The molecule has 6 heteroatoms. The van der Waals surface area contributed by atoms with Gasteiger partial charge in [0.2, 0.25) is 5.91 Å². The van der Waals surface area contributed by atoms with Crippen LogP contribution in [-0.4, -0.2) is 11.7 Å². The first kappa shape index (κ1) is 16.0. The van der Waals surface area contributed by atoms with Gasteiger partial charge in [-0.05, 0) is 17.7 Å². The summed E-state index contributed by atoms with van der Waals surface area (Å²) in [6.07, 6.45) is 0. The monoisotopic (exact) mass is 340 g/mol. The maximum absolute atomic E-state index is 11.9. The molecule has 2 aromatic carbocycles. The number of nitrogens with one attached hydrogen (secondary N) is 1. The number of nitrogen functional groups attached to an aromatic ring is 1. The molecule has 1 amide bonds. The fraction of sp³-hybridized carbons (Fsp3) is 0.133. The van der Waals surface area contributed by atoms with Crippen molar-refractivity contribution in [3.63, 3.8) is 0 Å². The van der Waals surface area contributed by atoms with Gasteiger partial charge in [-0.3, -0.25) is 4.79 Å². The standard InChI is InChI=1S/C15H14Cl2N2OS/c16-11-6-12(17)15(13(18)7-11)19-14(20)9-21-8-10-4-2-1-3-5-10/h1-7H,8-9,18H2,(H,19,20). The van der Waals surface area contributed by atoms with E-state index in [0.717, 1.165) is 5.75 Å². The van der Waals surface area contributed by atoms with Crippen LogP contribution in [0.3, 0.4) is 0 Å². The molecule has 0 fully saturated rings. The molecule has 21 heavy (non-hydrogen) atoms. The zero-order valence-electron chi connectivity index (χ0n) is 11.1. The molecule has 0 unspecified atom stereocenters. The fourth-order valence-corrected chi connectivity index (χ4v) is 3.08. The summed E-state index contributed by atoms with van der Waals surface area (Å²) in [6.45, 7) is 0. The zero-order valence-corrected chi connectivity index (χ0v) is 13.4. The Balaban J connectivity index is 1.88. The molecule has 0 aromatic heterocycles. The minimum absolute atomic E-state index is 0.146. The number of carbonyl (C=O) groups excluding carboxylic acids is 1. The summed E-state index contributed by atoms with van der Waals surface area (Å²) in [6, 6.07) is 13.1. The first-order valence-corrected chi connectivity index (χ1v) is 8.13. The summed E-state index contributed by atoms with van der Waals surface area (Å²) >= 11 is 13.4. The lowest BCUT2D eigenvalue weighted by atomic mass is 10.2. The lowest BCUT2D eigenvalue weighted by molar-refractivity contribution is -0.113. The predicted octanol–water partition coefficient (Wildman–Crippen LogP) is 4.45. The zero-order chi connectivity index (χ0) is 15.2. The van der Waals surface area contributed by atoms with Gasteiger partial charge in [0.25, 0.3) is 0 Å². The molecule has 0 radical (unpaired) electrons. The number of anilines is 2. The van der Waals surface area contributed by atoms with Gasteiger partial charge < -0.3 is 11.1 Å². The molecule has 0 heterocycles. The normalized spacial score (nSPS) is 10.4. The molecule has 0 aliphatic carbocycles. The molecule has 0 aliphatic heterocycles. The Hall–Kier alpha value is -1.36. The number of hydrogen-bond donors (Lipinski definition) is 2. The van der Waals surface area contributed by atoms with E-state index in [4.69, 9.17) is 28.9 Å². The minimum atomic E-state index is -0.146. The first-order chi connectivity index (χ1) is 10.1. The lowest BCUT2D eigenvalue weighted by Crippen LogP contribution is -2.15. The highest BCUT2D eigenvalue weighted by Gasteiger charge is 2.10. The Bertz CT molecular complexity index is 612. The average Bonchev–Trinajstić information content (AvgIpc) is 2.44. The van der Waals surface area contributed by atoms with E-state index in [2.05, 4.69) is 5.32 Å². The van der Waals surface area contributed by atoms with Crippen molar-refractivity contribution in [2.24, 2.45) is 0 Å². The second-order valence-corrected chi connectivity index (χ2v) is 6.21. The van der Waals surface area contributed by atoms with Crippen molar-refractivity contribution in [1.29, 1.82) is 0 Å². The van der Waals surface area contributed by atoms with Crippen molar-refractivity contribution in [3.05, 3.63) is 58.1 Å². The van der Waals surface area contributed by atoms with Crippen molar-refractivity contribution in [1.82, 2.24) is 0 Å². The lowest BCUT2D eigenvalue weighted by Gasteiger charge is -2.10. The molecule has 110 valence electrons. The van der Waals surface area contributed by atoms with Crippen LogP contribution in [0.1, 0.15) is 5.56 Å². The largest absolute Gasteiger partial charge is 0.397 e. The second-order valence-electron chi connectivity index (χ2n) is 4.38. The quantitative estimate of drug-likeness (QED) is 0.790. The Labute approximate surface area is 137 Å². The minimum Gasteiger partial charge on any atom is -0.397 e. The molecular formula is C15H14Cl2N2OS. The molecule has 0 saturated heterocycles. The highest BCUT2D eigenvalue weighted by molar-refractivity contribution is 7.99. The van der Waals surface area contributed by atoms with Crippen molar-refractivity contribution in [3.8, 4) is 0 Å². The smallest absolute Gasteiger partial charge is 0.234 e. The van der Waals surface area contributed by atoms with Crippen LogP contribution in [0.25, 0.3) is 0 Å². The maximum atomic E-state index is 11.9. The van der Waals surface area contributed by atoms with E-state index < -0.39 is 0 Å². The molecule has 0 bridgehead atoms. The van der Waals surface area contributed by atoms with E-state index in [0.29, 0.717) is 27.2 Å². The van der Waals surface area contributed by atoms with Gasteiger partial charge >= 0.3 is 0 Å². The van der Waals surface area contributed by atoms with E-state index in [1.807, 2.05) is 30.3 Å². The van der Waals surface area contributed by atoms with Crippen molar-refractivity contribution in [2.45, 2.75) is 5.75 Å². The first-order valence-electron chi connectivity index (χ1n) is 6.22. The van der Waals surface area contributed by atoms with Gasteiger partial charge in [0.1, 0.15) is 0 Å². The van der Waals surface area contributed by atoms with Gasteiger partial charge in [0, 0.05) is 10.8 Å². The summed E-state index contributed by atoms with van der Waals surface area (Å²) < 4.78 is 0. The van der Waals surface area contributed by atoms with E-state index in [1.165, 1.54) is 17.3 Å². The third kappa shape index (κ3) is 4.84. The number of amides is 1. The Morgan fingerprint density at radius 2 is 1.90 bits per heavy atom. The van der Waals surface area contributed by atoms with Crippen molar-refractivity contribution < 1.29 is 4.79 Å². The van der Waals surface area contributed by atoms with Crippen LogP contribution in [0.5, 0.6) is 0 Å². The van der Waals surface area contributed by atoms with E-state index in [9.17, 15) is 4.79 Å². The molecule has 0 spiro atoms. The van der Waals surface area contributed by atoms with Crippen molar-refractivity contribution in [2.75, 3.05) is 16.8 Å². The predicted molar refractivity (Wildman–Crippen MR) is 92.1 cm³/mol. The molecule has 2 aromatic rings. The number of hydrogen-bond acceptors (Lipinski definition) is 3. The summed E-state index contributed by atoms with van der Waals surface area (Å²) in [5.74, 6) is 0.956. The fourth-order valence-electron chi connectivity index (χ4n) is 1.74. The number of carbonyl (C=O) groups is 1. The molecule has 3 N–H and O–H groups in total. The van der Waals surface area contributed by atoms with E-state index >= 15 is 0 Å². The maximum Gasteiger partial charge on any atom is 0.234 e. The average molecular weight is 341 g/mol. The molecule has 2 rings (SSSR count). The van der Waals surface area contributed by atoms with E-state index in [1.54, 1.807) is 12.1 Å². The SMILES string of the molecule is Nc1cc(Cl)cc(Cl)c1NC(=O)CSCc1ccccc1. The molecule has 0 atom stereocenters. The number of nitrogens with two attached hydrogens (primary N) is 1. The number of benzene rings is 2. The van der Waals surface area contributed by atoms with Gasteiger partial charge in [0.05, 0.1) is 22.2 Å². The van der Waals surface area contributed by atoms with Crippen LogP contribution in [0.2, 0.25) is 10.0 Å². The molecular weight excluding hydrogens is 327 g/mol. The van der Waals surface area contributed by atoms with E-state index in [-0.39, 0.29) is 5.91 Å². The summed E-state index contributed by atoms with van der Waals surface area (Å²) in [7, 11) is 0. The summed E-state index contributed by atoms with van der Waals surface area (Å²) in [4.78, 5) is 11.9. The highest BCUT2D eigenvalue weighted by Crippen LogP contribution is 2.32. The Kier molecular flexibility index (Phi) is 5.79. The van der Waals surface area contributed by atoms with Gasteiger partial charge in [-0.2, -0.15) is 0 Å². The highest BCUT2D eigenvalue weighted by atomic mass is 35.5. The Morgan fingerprint density at radius 3 is 2.57 bits per heavy atom. The van der Waals surface area contributed by atoms with Crippen molar-refractivity contribution >= 4 is 52.2 Å². The molecule has 3 nitrogen and oxygen atoms in total. The molecule has 0 aliphatic rings. The third-order valence-electron chi connectivity index (χ3n) is 2.69. The van der Waals surface area contributed by atoms with Crippen LogP contribution < -0.4 is 11.1 Å². The Morgan fingerprint density at radius 1 is 1.19 bits per heavy atom. The molecule has 0 saturated carbocycles. The van der Waals surface area contributed by atoms with Gasteiger partial charge in [-0.25, -0.2) is 0 Å². The second kappa shape index (κ2) is 7.59. The number of rotatable bonds is 5. The van der Waals surface area contributed by atoms with Gasteiger partial charge in [-0.15, -0.1) is 11.8 Å².